The van der Waals surface area contributed by atoms with Crippen molar-refractivity contribution in [2.45, 2.75) is 25.7 Å². The number of amides is 3. The van der Waals surface area contributed by atoms with Gasteiger partial charge < -0.3 is 20.7 Å². The van der Waals surface area contributed by atoms with Gasteiger partial charge in [0, 0.05) is 36.7 Å². The van der Waals surface area contributed by atoms with Crippen LogP contribution in [0.15, 0.2) is 48.5 Å². The molecule has 1 aliphatic carbocycles. The topological polar surface area (TPSA) is 96.5 Å². The molecule has 0 unspecified atom stereocenters. The molecule has 0 aliphatic heterocycles. The van der Waals surface area contributed by atoms with E-state index in [0.29, 0.717) is 37.2 Å². The number of carbonyl (C=O) groups is 3. The van der Waals surface area contributed by atoms with Gasteiger partial charge in [-0.2, -0.15) is 0 Å². The quantitative estimate of drug-likeness (QED) is 0.526. The lowest BCUT2D eigenvalue weighted by Gasteiger charge is -2.09. The molecule has 0 spiro atoms. The molecule has 30 heavy (non-hydrogen) atoms. The van der Waals surface area contributed by atoms with Gasteiger partial charge in [0.2, 0.25) is 11.8 Å². The molecule has 1 saturated carbocycles. The normalized spacial score (nSPS) is 12.7. The van der Waals surface area contributed by atoms with Gasteiger partial charge in [-0.15, -0.1) is 0 Å². The lowest BCUT2D eigenvalue weighted by atomic mass is 10.1. The first kappa shape index (κ1) is 21.4. The van der Waals surface area contributed by atoms with Crippen LogP contribution in [0.2, 0.25) is 0 Å². The Labute approximate surface area is 176 Å². The highest BCUT2D eigenvalue weighted by Crippen LogP contribution is 2.30. The van der Waals surface area contributed by atoms with Crippen molar-refractivity contribution >= 4 is 23.4 Å². The second kappa shape index (κ2) is 10.4. The fraction of sp³-hybridized carbons (Fsp3) is 0.348. The molecule has 0 heterocycles. The van der Waals surface area contributed by atoms with Crippen molar-refractivity contribution in [3.8, 4) is 5.75 Å². The van der Waals surface area contributed by atoms with E-state index in [4.69, 9.17) is 4.74 Å². The number of benzene rings is 2. The summed E-state index contributed by atoms with van der Waals surface area (Å²) in [7, 11) is 1.62. The molecule has 3 amide bonds. The highest BCUT2D eigenvalue weighted by atomic mass is 16.5. The second-order valence-corrected chi connectivity index (χ2v) is 7.29. The van der Waals surface area contributed by atoms with Crippen LogP contribution in [0.4, 0.5) is 5.69 Å². The first-order valence-electron chi connectivity index (χ1n) is 10.1. The minimum absolute atomic E-state index is 0.0370. The first-order valence-corrected chi connectivity index (χ1v) is 10.1. The van der Waals surface area contributed by atoms with Crippen LogP contribution in [0.25, 0.3) is 0 Å². The molecule has 158 valence electrons. The number of carbonyl (C=O) groups excluding carboxylic acids is 3. The van der Waals surface area contributed by atoms with Crippen LogP contribution in [0.3, 0.4) is 0 Å². The van der Waals surface area contributed by atoms with Gasteiger partial charge in [0.25, 0.3) is 5.91 Å². The highest BCUT2D eigenvalue weighted by molar-refractivity contribution is 5.96. The van der Waals surface area contributed by atoms with Gasteiger partial charge >= 0.3 is 0 Å². The van der Waals surface area contributed by atoms with Gasteiger partial charge in [0.05, 0.1) is 7.11 Å². The van der Waals surface area contributed by atoms with Gasteiger partial charge in [0.1, 0.15) is 5.75 Å². The average molecular weight is 409 g/mol. The van der Waals surface area contributed by atoms with Crippen molar-refractivity contribution in [3.63, 3.8) is 0 Å². The molecule has 0 radical (unpaired) electrons. The van der Waals surface area contributed by atoms with Gasteiger partial charge in [-0.25, -0.2) is 0 Å². The minimum atomic E-state index is -0.220. The van der Waals surface area contributed by atoms with Crippen LogP contribution in [-0.4, -0.2) is 37.9 Å². The lowest BCUT2D eigenvalue weighted by molar-refractivity contribution is -0.121. The van der Waals surface area contributed by atoms with E-state index >= 15 is 0 Å². The summed E-state index contributed by atoms with van der Waals surface area (Å²) in [5.41, 5.74) is 2.26. The molecule has 2 aromatic carbocycles. The van der Waals surface area contributed by atoms with E-state index in [2.05, 4.69) is 16.0 Å². The zero-order chi connectivity index (χ0) is 21.3. The molecule has 1 fully saturated rings. The summed E-state index contributed by atoms with van der Waals surface area (Å²) in [4.78, 5) is 35.9. The van der Waals surface area contributed by atoms with E-state index in [0.717, 1.165) is 24.2 Å². The summed E-state index contributed by atoms with van der Waals surface area (Å²) in [6.07, 6.45) is 2.93. The number of anilines is 1. The van der Waals surface area contributed by atoms with Crippen LogP contribution in [0.1, 0.15) is 35.2 Å². The Kier molecular flexibility index (Phi) is 7.43. The zero-order valence-electron chi connectivity index (χ0n) is 17.1. The molecule has 3 N–H and O–H groups in total. The molecule has 2 aromatic rings. The van der Waals surface area contributed by atoms with Crippen molar-refractivity contribution in [1.29, 1.82) is 0 Å². The fourth-order valence-corrected chi connectivity index (χ4v) is 2.91. The van der Waals surface area contributed by atoms with Crippen LogP contribution in [-0.2, 0) is 16.0 Å². The van der Waals surface area contributed by atoms with Crippen molar-refractivity contribution in [3.05, 3.63) is 59.7 Å². The molecular formula is C23H27N3O4. The minimum Gasteiger partial charge on any atom is -0.497 e. The maximum absolute atomic E-state index is 12.2. The van der Waals surface area contributed by atoms with Crippen LogP contribution in [0, 0.1) is 5.92 Å². The van der Waals surface area contributed by atoms with E-state index in [1.165, 1.54) is 0 Å². The first-order chi connectivity index (χ1) is 14.5. The predicted molar refractivity (Wildman–Crippen MR) is 114 cm³/mol. The summed E-state index contributed by atoms with van der Waals surface area (Å²) < 4.78 is 5.11. The van der Waals surface area contributed by atoms with Crippen molar-refractivity contribution < 1.29 is 19.1 Å². The lowest BCUT2D eigenvalue weighted by Crippen LogP contribution is -2.34. The van der Waals surface area contributed by atoms with Gasteiger partial charge in [-0.3, -0.25) is 14.4 Å². The summed E-state index contributed by atoms with van der Waals surface area (Å²) in [5.74, 6) is 0.685. The van der Waals surface area contributed by atoms with Crippen molar-refractivity contribution in [2.75, 3.05) is 25.5 Å². The SMILES string of the molecule is COc1ccc(CCC(=O)NCCNC(=O)c2ccc(NC(=O)C3CC3)cc2)cc1. The molecule has 7 heteroatoms. The third kappa shape index (κ3) is 6.62. The third-order valence-corrected chi connectivity index (χ3v) is 4.90. The van der Waals surface area contributed by atoms with Crippen LogP contribution >= 0.6 is 0 Å². The summed E-state index contributed by atoms with van der Waals surface area (Å²) >= 11 is 0. The van der Waals surface area contributed by atoms with Crippen LogP contribution < -0.4 is 20.7 Å². The standard InChI is InChI=1S/C23H27N3O4/c1-30-20-11-2-16(3-12-20)4-13-21(27)24-14-15-25-22(28)17-7-9-19(10-8-17)26-23(29)18-5-6-18/h2-3,7-12,18H,4-6,13-15H2,1H3,(H,24,27)(H,25,28)(H,26,29). The molecule has 0 bridgehead atoms. The maximum atomic E-state index is 12.2. The average Bonchev–Trinajstić information content (AvgIpc) is 3.61. The predicted octanol–water partition coefficient (Wildman–Crippen LogP) is 2.52. The Morgan fingerprint density at radius 1 is 0.933 bits per heavy atom. The third-order valence-electron chi connectivity index (χ3n) is 4.90. The Morgan fingerprint density at radius 3 is 2.23 bits per heavy atom. The molecular weight excluding hydrogens is 382 g/mol. The largest absolute Gasteiger partial charge is 0.497 e. The number of rotatable bonds is 10. The molecule has 0 aromatic heterocycles. The Balaban J connectivity index is 1.31. The van der Waals surface area contributed by atoms with E-state index in [-0.39, 0.29) is 23.6 Å². The Morgan fingerprint density at radius 2 is 1.60 bits per heavy atom. The highest BCUT2D eigenvalue weighted by Gasteiger charge is 2.29. The van der Waals surface area contributed by atoms with Crippen molar-refractivity contribution in [2.24, 2.45) is 5.92 Å². The fourth-order valence-electron chi connectivity index (χ4n) is 2.91. The number of methoxy groups -OCH3 is 1. The monoisotopic (exact) mass is 409 g/mol. The van der Waals surface area contributed by atoms with Gasteiger partial charge in [0.15, 0.2) is 0 Å². The zero-order valence-corrected chi connectivity index (χ0v) is 17.1. The van der Waals surface area contributed by atoms with E-state index in [1.807, 2.05) is 24.3 Å². The van der Waals surface area contributed by atoms with Gasteiger partial charge in [-0.1, -0.05) is 12.1 Å². The second-order valence-electron chi connectivity index (χ2n) is 7.29. The van der Waals surface area contributed by atoms with Crippen molar-refractivity contribution in [1.82, 2.24) is 10.6 Å². The Bertz CT molecular complexity index is 874. The van der Waals surface area contributed by atoms with Crippen LogP contribution in [0.5, 0.6) is 5.75 Å². The maximum Gasteiger partial charge on any atom is 0.251 e. The molecule has 0 atom stereocenters. The molecule has 0 saturated heterocycles. The summed E-state index contributed by atoms with van der Waals surface area (Å²) in [6, 6.07) is 14.4. The van der Waals surface area contributed by atoms with E-state index < -0.39 is 0 Å². The smallest absolute Gasteiger partial charge is 0.251 e. The van der Waals surface area contributed by atoms with E-state index in [9.17, 15) is 14.4 Å². The molecule has 3 rings (SSSR count). The van der Waals surface area contributed by atoms with Gasteiger partial charge in [-0.05, 0) is 61.2 Å². The molecule has 1 aliphatic rings. The Hall–Kier alpha value is -3.35. The number of ether oxygens (including phenoxy) is 1. The van der Waals surface area contributed by atoms with E-state index in [1.54, 1.807) is 31.4 Å². The molecule has 7 nitrogen and oxygen atoms in total. The summed E-state index contributed by atoms with van der Waals surface area (Å²) in [6.45, 7) is 0.704. The number of nitrogens with one attached hydrogen (secondary N) is 3. The number of hydrogen-bond acceptors (Lipinski definition) is 4. The number of aryl methyl sites for hydroxylation is 1. The number of hydrogen-bond donors (Lipinski definition) is 3. The summed E-state index contributed by atoms with van der Waals surface area (Å²) in [5, 5.41) is 8.42.